The summed E-state index contributed by atoms with van der Waals surface area (Å²) in [5.41, 5.74) is 0. The molecule has 0 fully saturated rings. The molecule has 0 amide bonds. The van der Waals surface area contributed by atoms with E-state index in [-0.39, 0.29) is 39.5 Å². The minimum atomic E-state index is -3.11. The van der Waals surface area contributed by atoms with E-state index in [1.807, 2.05) is 0 Å². The first-order valence-electron chi connectivity index (χ1n) is 0.500. The molecule has 6 N–H and O–H groups in total. The topological polar surface area (TPSA) is 158 Å². The molecule has 8 heavy (non-hydrogen) atoms. The van der Waals surface area contributed by atoms with E-state index in [0.717, 1.165) is 0 Å². The second kappa shape index (κ2) is 25.2. The Kier molecular flexibility index (Phi) is 118. The average molecular weight is 158 g/mol. The zero-order valence-electron chi connectivity index (χ0n) is 3.84. The monoisotopic (exact) mass is 158 g/mol. The van der Waals surface area contributed by atoms with Gasteiger partial charge in [0.2, 0.25) is 0 Å². The minimum Gasteiger partial charge on any atom is -0.784 e. The molecule has 0 aliphatic carbocycles. The van der Waals surface area contributed by atoms with Gasteiger partial charge in [-0.15, -0.1) is 11.4 Å². The van der Waals surface area contributed by atoms with Gasteiger partial charge in [0, 0.05) is 0 Å². The molecule has 0 aromatic heterocycles. The number of hydrogen-bond acceptors (Lipinski definition) is 3. The molecule has 0 bridgehead atoms. The summed E-state index contributed by atoms with van der Waals surface area (Å²) < 4.78 is 25.3. The van der Waals surface area contributed by atoms with Crippen LogP contribution in [0.1, 0.15) is 0 Å². The first-order chi connectivity index (χ1) is 1.73. The third kappa shape index (κ3) is 428. The van der Waals surface area contributed by atoms with Crippen LogP contribution in [0.2, 0.25) is 0 Å². The van der Waals surface area contributed by atoms with Crippen molar-refractivity contribution in [2.75, 3.05) is 0 Å². The van der Waals surface area contributed by atoms with Crippen LogP contribution in [0, 0.1) is 0 Å². The van der Waals surface area contributed by atoms with E-state index < -0.39 is 11.4 Å². The smallest absolute Gasteiger partial charge is 0.784 e. The molecular formula is H6MgO6S. The van der Waals surface area contributed by atoms with Gasteiger partial charge in [-0.2, -0.15) is 0 Å². The fraction of sp³-hybridized carbons (Fsp3) is 0. The summed E-state index contributed by atoms with van der Waals surface area (Å²) in [6.07, 6.45) is 0. The zero-order chi connectivity index (χ0) is 3.58. The van der Waals surface area contributed by atoms with Crippen molar-refractivity contribution in [3.8, 4) is 0 Å². The molecule has 0 aromatic rings. The number of rotatable bonds is 0. The van der Waals surface area contributed by atoms with Gasteiger partial charge >= 0.3 is 23.1 Å². The van der Waals surface area contributed by atoms with E-state index in [4.69, 9.17) is 13.3 Å². The van der Waals surface area contributed by atoms with Crippen LogP contribution in [-0.2, 0) is 11.4 Å². The van der Waals surface area contributed by atoms with Crippen LogP contribution in [0.15, 0.2) is 0 Å². The van der Waals surface area contributed by atoms with E-state index in [2.05, 4.69) is 0 Å². The fourth-order valence-electron chi connectivity index (χ4n) is 0. The maximum Gasteiger partial charge on any atom is 2.00 e. The molecule has 0 rings (SSSR count). The summed E-state index contributed by atoms with van der Waals surface area (Å²) in [7, 11) is 0. The van der Waals surface area contributed by atoms with Crippen LogP contribution in [0.4, 0.5) is 0 Å². The number of hydrogen-bond donors (Lipinski definition) is 0. The SMILES string of the molecule is O.O.O.O=S([O-])[O-].[Mg+2]. The molecule has 8 heteroatoms. The van der Waals surface area contributed by atoms with Gasteiger partial charge in [-0.3, -0.25) is 4.21 Å². The van der Waals surface area contributed by atoms with Crippen molar-refractivity contribution in [1.82, 2.24) is 0 Å². The van der Waals surface area contributed by atoms with Gasteiger partial charge in [-0.1, -0.05) is 0 Å². The molecule has 0 saturated carbocycles. The molecule has 0 atom stereocenters. The zero-order valence-corrected chi connectivity index (χ0v) is 6.07. The van der Waals surface area contributed by atoms with Crippen LogP contribution in [0.3, 0.4) is 0 Å². The second-order valence-electron chi connectivity index (χ2n) is 0.204. The molecule has 0 unspecified atom stereocenters. The Hall–Kier alpha value is 0.716. The normalized spacial score (nSPS) is 4.38. The summed E-state index contributed by atoms with van der Waals surface area (Å²) in [6, 6.07) is 0. The van der Waals surface area contributed by atoms with Crippen molar-refractivity contribution in [3.63, 3.8) is 0 Å². The quantitative estimate of drug-likeness (QED) is 0.261. The molecule has 6 nitrogen and oxygen atoms in total. The van der Waals surface area contributed by atoms with Crippen molar-refractivity contribution >= 4 is 34.4 Å². The first kappa shape index (κ1) is 37.6. The predicted molar refractivity (Wildman–Crippen MR) is 26.3 cm³/mol. The third-order valence-electron chi connectivity index (χ3n) is 0. The van der Waals surface area contributed by atoms with E-state index >= 15 is 0 Å². The molecule has 0 heterocycles. The van der Waals surface area contributed by atoms with Gasteiger partial charge in [0.15, 0.2) is 0 Å². The Morgan fingerprint density at radius 3 is 1.00 bits per heavy atom. The van der Waals surface area contributed by atoms with Gasteiger partial charge < -0.3 is 25.5 Å². The van der Waals surface area contributed by atoms with Crippen LogP contribution in [-0.4, -0.2) is 52.8 Å². The molecule has 0 aromatic carbocycles. The molecule has 0 saturated heterocycles. The van der Waals surface area contributed by atoms with E-state index in [1.54, 1.807) is 0 Å². The summed E-state index contributed by atoms with van der Waals surface area (Å²) in [4.78, 5) is 0. The first-order valence-corrected chi connectivity index (χ1v) is 1.50. The molecule has 0 aliphatic rings. The molecule has 0 aliphatic heterocycles. The van der Waals surface area contributed by atoms with Crippen molar-refractivity contribution in [2.45, 2.75) is 0 Å². The van der Waals surface area contributed by atoms with Gasteiger partial charge in [0.1, 0.15) is 0 Å². The second-order valence-corrected chi connectivity index (χ2v) is 0.612. The molecule has 50 valence electrons. The molecule has 0 spiro atoms. The van der Waals surface area contributed by atoms with Crippen molar-refractivity contribution in [3.05, 3.63) is 0 Å². The third-order valence-corrected chi connectivity index (χ3v) is 0. The van der Waals surface area contributed by atoms with Crippen LogP contribution < -0.4 is 0 Å². The standard InChI is InChI=1S/Mg.H2O3S.3H2O/c;1-4(2)3;;;/h;(H2,1,2,3);3*1H2/q+2;;;;/p-2. The van der Waals surface area contributed by atoms with Crippen LogP contribution >= 0.6 is 0 Å². The summed E-state index contributed by atoms with van der Waals surface area (Å²) >= 11 is -3.11. The average Bonchev–Trinajstić information content (AvgIpc) is 0.811. The van der Waals surface area contributed by atoms with Crippen LogP contribution in [0.25, 0.3) is 0 Å². The van der Waals surface area contributed by atoms with Gasteiger partial charge in [0.25, 0.3) is 0 Å². The van der Waals surface area contributed by atoms with Gasteiger partial charge in [-0.25, -0.2) is 0 Å². The van der Waals surface area contributed by atoms with Gasteiger partial charge in [0.05, 0.1) is 0 Å². The maximum atomic E-state index is 8.44. The minimum absolute atomic E-state index is 0. The van der Waals surface area contributed by atoms with E-state index in [0.29, 0.717) is 0 Å². The Bertz CT molecular complexity index is 31.5. The van der Waals surface area contributed by atoms with Crippen molar-refractivity contribution in [2.24, 2.45) is 0 Å². The van der Waals surface area contributed by atoms with Gasteiger partial charge in [-0.05, 0) is 0 Å². The van der Waals surface area contributed by atoms with Crippen LogP contribution in [0.5, 0.6) is 0 Å². The fourth-order valence-corrected chi connectivity index (χ4v) is 0. The van der Waals surface area contributed by atoms with Crippen molar-refractivity contribution in [1.29, 1.82) is 0 Å². The molecular weight excluding hydrogens is 152 g/mol. The Morgan fingerprint density at radius 2 is 1.00 bits per heavy atom. The predicted octanol–water partition coefficient (Wildman–Crippen LogP) is -3.86. The van der Waals surface area contributed by atoms with E-state index in [9.17, 15) is 0 Å². The summed E-state index contributed by atoms with van der Waals surface area (Å²) in [5.74, 6) is 0. The largest absolute Gasteiger partial charge is 2.00 e. The summed E-state index contributed by atoms with van der Waals surface area (Å²) in [6.45, 7) is 0. The Balaban J connectivity index is -0.00000000750. The summed E-state index contributed by atoms with van der Waals surface area (Å²) in [5, 5.41) is 0. The Labute approximate surface area is 64.5 Å². The molecule has 0 radical (unpaired) electrons. The van der Waals surface area contributed by atoms with E-state index in [1.165, 1.54) is 0 Å². The Morgan fingerprint density at radius 1 is 1.00 bits per heavy atom. The maximum absolute atomic E-state index is 8.44. The van der Waals surface area contributed by atoms with Crippen molar-refractivity contribution < 1.29 is 29.7 Å².